The molecule has 1 amide bonds. The van der Waals surface area contributed by atoms with Crippen LogP contribution in [0.4, 0.5) is 0 Å². The Kier molecular flexibility index (Phi) is 4.94. The number of halogens is 1. The lowest BCUT2D eigenvalue weighted by Crippen LogP contribution is -2.37. The van der Waals surface area contributed by atoms with Crippen molar-refractivity contribution in [3.8, 4) is 5.75 Å². The highest BCUT2D eigenvalue weighted by atomic mass is 35.5. The summed E-state index contributed by atoms with van der Waals surface area (Å²) in [6, 6.07) is 3.98. The van der Waals surface area contributed by atoms with Gasteiger partial charge >= 0.3 is 5.97 Å². The zero-order valence-corrected chi connectivity index (χ0v) is 10.3. The Morgan fingerprint density at radius 1 is 1.50 bits per heavy atom. The van der Waals surface area contributed by atoms with Crippen LogP contribution in [0.2, 0.25) is 5.02 Å². The molecule has 6 nitrogen and oxygen atoms in total. The van der Waals surface area contributed by atoms with Gasteiger partial charge in [-0.15, -0.1) is 0 Å². The van der Waals surface area contributed by atoms with Crippen LogP contribution < -0.4 is 5.32 Å². The Morgan fingerprint density at radius 2 is 2.17 bits per heavy atom. The minimum atomic E-state index is -1.45. The molecular weight excluding hydrogens is 262 g/mol. The molecule has 0 bridgehead atoms. The maximum atomic E-state index is 11.6. The van der Waals surface area contributed by atoms with Gasteiger partial charge in [-0.2, -0.15) is 0 Å². The van der Waals surface area contributed by atoms with Gasteiger partial charge in [0.1, 0.15) is 5.75 Å². The van der Waals surface area contributed by atoms with Gasteiger partial charge in [0.2, 0.25) is 0 Å². The van der Waals surface area contributed by atoms with Crippen LogP contribution in [0, 0.1) is 0 Å². The molecule has 0 radical (unpaired) electrons. The van der Waals surface area contributed by atoms with Crippen LogP contribution in [0.25, 0.3) is 0 Å². The molecule has 1 atom stereocenters. The summed E-state index contributed by atoms with van der Waals surface area (Å²) < 4.78 is 4.28. The Morgan fingerprint density at radius 3 is 2.72 bits per heavy atom. The number of carbonyl (C=O) groups is 2. The Balaban J connectivity index is 2.63. The first-order valence-corrected chi connectivity index (χ1v) is 5.36. The topological polar surface area (TPSA) is 95.9 Å². The normalized spacial score (nSPS) is 11.7. The summed E-state index contributed by atoms with van der Waals surface area (Å²) in [5, 5.41) is 21.3. The van der Waals surface area contributed by atoms with Crippen LogP contribution in [-0.4, -0.2) is 41.8 Å². The molecule has 1 aromatic rings. The molecule has 0 aliphatic carbocycles. The molecule has 98 valence electrons. The molecular formula is C11H12ClNO5. The Labute approximate surface area is 108 Å². The van der Waals surface area contributed by atoms with E-state index >= 15 is 0 Å². The van der Waals surface area contributed by atoms with E-state index in [1.165, 1.54) is 18.2 Å². The van der Waals surface area contributed by atoms with Gasteiger partial charge in [0.05, 0.1) is 19.2 Å². The van der Waals surface area contributed by atoms with Crippen LogP contribution in [0.5, 0.6) is 5.75 Å². The van der Waals surface area contributed by atoms with Crippen LogP contribution in [0.3, 0.4) is 0 Å². The number of carbonyl (C=O) groups excluding carboxylic acids is 2. The number of hydrogen-bond acceptors (Lipinski definition) is 5. The number of phenolic OH excluding ortho intramolecular Hbond substituents is 1. The molecule has 0 aliphatic heterocycles. The fourth-order valence-corrected chi connectivity index (χ4v) is 1.37. The maximum absolute atomic E-state index is 11.6. The average molecular weight is 274 g/mol. The molecule has 18 heavy (non-hydrogen) atoms. The summed E-state index contributed by atoms with van der Waals surface area (Å²) in [4.78, 5) is 22.5. The molecule has 1 aromatic carbocycles. The van der Waals surface area contributed by atoms with E-state index in [-0.39, 0.29) is 17.9 Å². The third-order valence-electron chi connectivity index (χ3n) is 2.13. The molecule has 0 aliphatic rings. The van der Waals surface area contributed by atoms with Crippen LogP contribution in [-0.2, 0) is 9.53 Å². The molecule has 0 saturated carbocycles. The molecule has 0 aromatic heterocycles. The van der Waals surface area contributed by atoms with Crippen molar-refractivity contribution in [2.75, 3.05) is 13.7 Å². The van der Waals surface area contributed by atoms with Crippen LogP contribution >= 0.6 is 11.6 Å². The zero-order chi connectivity index (χ0) is 13.7. The van der Waals surface area contributed by atoms with Gasteiger partial charge in [-0.3, -0.25) is 4.79 Å². The van der Waals surface area contributed by atoms with Gasteiger partial charge in [0, 0.05) is 5.02 Å². The van der Waals surface area contributed by atoms with E-state index in [4.69, 9.17) is 11.6 Å². The quantitative estimate of drug-likeness (QED) is 0.686. The minimum absolute atomic E-state index is 0.00327. The third kappa shape index (κ3) is 3.61. The van der Waals surface area contributed by atoms with Crippen LogP contribution in [0.1, 0.15) is 10.4 Å². The number of ether oxygens (including phenoxy) is 1. The summed E-state index contributed by atoms with van der Waals surface area (Å²) in [7, 11) is 1.12. The molecule has 0 spiro atoms. The largest absolute Gasteiger partial charge is 0.507 e. The Hall–Kier alpha value is -1.79. The van der Waals surface area contributed by atoms with Gasteiger partial charge in [-0.05, 0) is 18.2 Å². The second-order valence-electron chi connectivity index (χ2n) is 3.41. The highest BCUT2D eigenvalue weighted by Gasteiger charge is 2.18. The van der Waals surface area contributed by atoms with Crippen molar-refractivity contribution in [3.63, 3.8) is 0 Å². The highest BCUT2D eigenvalue weighted by Crippen LogP contribution is 2.21. The fourth-order valence-electron chi connectivity index (χ4n) is 1.20. The van der Waals surface area contributed by atoms with E-state index in [1.54, 1.807) is 0 Å². The molecule has 1 rings (SSSR count). The van der Waals surface area contributed by atoms with Crippen molar-refractivity contribution >= 4 is 23.5 Å². The highest BCUT2D eigenvalue weighted by molar-refractivity contribution is 6.30. The summed E-state index contributed by atoms with van der Waals surface area (Å²) in [5.74, 6) is -1.77. The molecule has 0 saturated heterocycles. The predicted molar refractivity (Wildman–Crippen MR) is 63.5 cm³/mol. The molecule has 7 heteroatoms. The maximum Gasteiger partial charge on any atom is 0.336 e. The number of phenols is 1. The Bertz CT molecular complexity index is 463. The first kappa shape index (κ1) is 14.3. The van der Waals surface area contributed by atoms with Gasteiger partial charge in [-0.1, -0.05) is 11.6 Å². The summed E-state index contributed by atoms with van der Waals surface area (Å²) in [6.45, 7) is -0.312. The van der Waals surface area contributed by atoms with E-state index in [1.807, 2.05) is 0 Å². The smallest absolute Gasteiger partial charge is 0.336 e. The number of amides is 1. The zero-order valence-electron chi connectivity index (χ0n) is 9.51. The first-order chi connectivity index (χ1) is 8.45. The number of benzene rings is 1. The van der Waals surface area contributed by atoms with Gasteiger partial charge < -0.3 is 20.3 Å². The SMILES string of the molecule is COC(=O)C(O)CNC(=O)c1ccc(Cl)cc1O. The van der Waals surface area contributed by atoms with Crippen molar-refractivity contribution in [2.24, 2.45) is 0 Å². The lowest BCUT2D eigenvalue weighted by atomic mass is 10.2. The third-order valence-corrected chi connectivity index (χ3v) is 2.37. The molecule has 3 N–H and O–H groups in total. The van der Waals surface area contributed by atoms with Gasteiger partial charge in [0.25, 0.3) is 5.91 Å². The molecule has 0 heterocycles. The molecule has 0 fully saturated rings. The predicted octanol–water partition coefficient (Wildman–Crippen LogP) is 0.309. The van der Waals surface area contributed by atoms with Gasteiger partial charge in [-0.25, -0.2) is 4.79 Å². The fraction of sp³-hybridized carbons (Fsp3) is 0.273. The minimum Gasteiger partial charge on any atom is -0.507 e. The lowest BCUT2D eigenvalue weighted by molar-refractivity contribution is -0.149. The van der Waals surface area contributed by atoms with Crippen molar-refractivity contribution < 1.29 is 24.5 Å². The first-order valence-electron chi connectivity index (χ1n) is 4.98. The lowest BCUT2D eigenvalue weighted by Gasteiger charge is -2.10. The van der Waals surface area contributed by atoms with Gasteiger partial charge in [0.15, 0.2) is 6.10 Å². The number of esters is 1. The van der Waals surface area contributed by atoms with E-state index < -0.39 is 18.0 Å². The summed E-state index contributed by atoms with van der Waals surface area (Å²) in [5.41, 5.74) is -0.00327. The number of aliphatic hydroxyl groups is 1. The molecule has 1 unspecified atom stereocenters. The summed E-state index contributed by atoms with van der Waals surface area (Å²) in [6.07, 6.45) is -1.45. The number of methoxy groups -OCH3 is 1. The number of rotatable bonds is 4. The second-order valence-corrected chi connectivity index (χ2v) is 3.85. The van der Waals surface area contributed by atoms with Crippen molar-refractivity contribution in [2.45, 2.75) is 6.10 Å². The number of nitrogens with one attached hydrogen (secondary N) is 1. The second kappa shape index (κ2) is 6.23. The monoisotopic (exact) mass is 273 g/mol. The van der Waals surface area contributed by atoms with E-state index in [0.29, 0.717) is 5.02 Å². The summed E-state index contributed by atoms with van der Waals surface area (Å²) >= 11 is 5.62. The van der Waals surface area contributed by atoms with Crippen molar-refractivity contribution in [1.82, 2.24) is 5.32 Å². The van der Waals surface area contributed by atoms with E-state index in [9.17, 15) is 19.8 Å². The van der Waals surface area contributed by atoms with E-state index in [2.05, 4.69) is 10.1 Å². The average Bonchev–Trinajstić information content (AvgIpc) is 2.34. The standard InChI is InChI=1S/C11H12ClNO5/c1-18-11(17)9(15)5-13-10(16)7-3-2-6(12)4-8(7)14/h2-4,9,14-15H,5H2,1H3,(H,13,16). The van der Waals surface area contributed by atoms with Crippen molar-refractivity contribution in [3.05, 3.63) is 28.8 Å². The van der Waals surface area contributed by atoms with E-state index in [0.717, 1.165) is 7.11 Å². The van der Waals surface area contributed by atoms with Crippen LogP contribution in [0.15, 0.2) is 18.2 Å². The number of hydrogen-bond donors (Lipinski definition) is 3. The number of aliphatic hydroxyl groups excluding tert-OH is 1. The number of aromatic hydroxyl groups is 1. The van der Waals surface area contributed by atoms with Crippen molar-refractivity contribution in [1.29, 1.82) is 0 Å².